The van der Waals surface area contributed by atoms with Gasteiger partial charge in [-0.15, -0.1) is 6.42 Å². The molecule has 1 aliphatic heterocycles. The predicted octanol–water partition coefficient (Wildman–Crippen LogP) is 0.222. The van der Waals surface area contributed by atoms with Gasteiger partial charge in [0.25, 0.3) is 0 Å². The van der Waals surface area contributed by atoms with Crippen LogP contribution in [0.15, 0.2) is 12.2 Å². The molecule has 0 spiro atoms. The van der Waals surface area contributed by atoms with Crippen LogP contribution in [0.2, 0.25) is 0 Å². The number of rotatable bonds is 5. The summed E-state index contributed by atoms with van der Waals surface area (Å²) in [5, 5.41) is 6.32. The zero-order valence-corrected chi connectivity index (χ0v) is 11.3. The molecule has 0 bridgehead atoms. The molecule has 1 fully saturated rings. The Morgan fingerprint density at radius 2 is 2.39 bits per heavy atom. The highest BCUT2D eigenvalue weighted by Gasteiger charge is 2.18. The minimum Gasteiger partial charge on any atom is -0.349 e. The summed E-state index contributed by atoms with van der Waals surface area (Å²) in [5.41, 5.74) is 0. The van der Waals surface area contributed by atoms with E-state index in [1.54, 1.807) is 6.08 Å². The summed E-state index contributed by atoms with van der Waals surface area (Å²) < 4.78 is 0. The minimum atomic E-state index is -0.0231. The van der Waals surface area contributed by atoms with E-state index in [0.717, 1.165) is 19.5 Å². The van der Waals surface area contributed by atoms with Crippen molar-refractivity contribution in [1.29, 1.82) is 0 Å². The minimum absolute atomic E-state index is 0.0231. The van der Waals surface area contributed by atoms with Crippen molar-refractivity contribution in [3.05, 3.63) is 12.2 Å². The van der Waals surface area contributed by atoms with Gasteiger partial charge in [0.05, 0.1) is 6.54 Å². The molecular formula is C14H23N3O. The Bertz CT molecular complexity index is 332. The van der Waals surface area contributed by atoms with Gasteiger partial charge in [0.15, 0.2) is 0 Å². The maximum atomic E-state index is 11.7. The average Bonchev–Trinajstić information content (AvgIpc) is 2.29. The van der Waals surface area contributed by atoms with Crippen molar-refractivity contribution < 1.29 is 4.79 Å². The predicted molar refractivity (Wildman–Crippen MR) is 74.1 cm³/mol. The van der Waals surface area contributed by atoms with Crippen molar-refractivity contribution in [2.24, 2.45) is 5.92 Å². The molecule has 1 rings (SSSR count). The number of piperidine rings is 1. The van der Waals surface area contributed by atoms with Gasteiger partial charge in [-0.1, -0.05) is 18.9 Å². The third kappa shape index (κ3) is 5.85. The number of carbonyl (C=O) groups excluding carboxylic acids is 1. The van der Waals surface area contributed by atoms with Crippen LogP contribution in [0, 0.1) is 18.3 Å². The van der Waals surface area contributed by atoms with Gasteiger partial charge in [-0.05, 0) is 25.9 Å². The first-order valence-electron chi connectivity index (χ1n) is 6.41. The number of amides is 1. The topological polar surface area (TPSA) is 44.4 Å². The first-order valence-corrected chi connectivity index (χ1v) is 6.41. The summed E-state index contributed by atoms with van der Waals surface area (Å²) in [6, 6.07) is 0.245. The van der Waals surface area contributed by atoms with Crippen molar-refractivity contribution in [2.75, 3.05) is 33.2 Å². The molecular weight excluding hydrogens is 226 g/mol. The summed E-state index contributed by atoms with van der Waals surface area (Å²) in [6.45, 7) is 5.38. The first-order chi connectivity index (χ1) is 8.61. The Morgan fingerprint density at radius 3 is 3.06 bits per heavy atom. The number of hydrogen-bond acceptors (Lipinski definition) is 3. The molecule has 0 aromatic carbocycles. The van der Waals surface area contributed by atoms with Crippen molar-refractivity contribution in [3.8, 4) is 12.3 Å². The second-order valence-corrected chi connectivity index (χ2v) is 5.01. The van der Waals surface area contributed by atoms with Crippen LogP contribution in [-0.2, 0) is 4.79 Å². The van der Waals surface area contributed by atoms with Gasteiger partial charge in [0, 0.05) is 25.2 Å². The second kappa shape index (κ2) is 7.91. The van der Waals surface area contributed by atoms with E-state index in [1.165, 1.54) is 0 Å². The van der Waals surface area contributed by atoms with E-state index in [4.69, 9.17) is 6.42 Å². The van der Waals surface area contributed by atoms with Crippen LogP contribution in [-0.4, -0.2) is 50.1 Å². The van der Waals surface area contributed by atoms with Crippen molar-refractivity contribution in [3.63, 3.8) is 0 Å². The molecule has 4 nitrogen and oxygen atoms in total. The molecule has 18 heavy (non-hydrogen) atoms. The Hall–Kier alpha value is -1.31. The molecule has 0 aliphatic carbocycles. The average molecular weight is 249 g/mol. The number of terminal acetylenes is 1. The number of nitrogens with one attached hydrogen (secondary N) is 2. The van der Waals surface area contributed by atoms with Crippen LogP contribution in [0.5, 0.6) is 0 Å². The molecule has 100 valence electrons. The molecule has 1 amide bonds. The second-order valence-electron chi connectivity index (χ2n) is 5.01. The fourth-order valence-electron chi connectivity index (χ4n) is 2.08. The number of nitrogens with zero attached hydrogens (tertiary/aromatic N) is 1. The standard InChI is InChI=1S/C14H23N3O/c1-4-7-17(3)8-5-6-14(18)16-13-9-12(2)10-15-11-13/h1,5-6,12-13,15H,7-11H2,2-3H3,(H,16,18)/b6-5+/t12-,13+/m1/s1. The van der Waals surface area contributed by atoms with E-state index in [-0.39, 0.29) is 11.9 Å². The molecule has 0 aromatic rings. The fraction of sp³-hybridized carbons (Fsp3) is 0.643. The van der Waals surface area contributed by atoms with Gasteiger partial charge in [-0.3, -0.25) is 9.69 Å². The van der Waals surface area contributed by atoms with Crippen LogP contribution >= 0.6 is 0 Å². The van der Waals surface area contributed by atoms with Gasteiger partial charge in [-0.25, -0.2) is 0 Å². The highest BCUT2D eigenvalue weighted by atomic mass is 16.1. The van der Waals surface area contributed by atoms with E-state index in [2.05, 4.69) is 23.5 Å². The van der Waals surface area contributed by atoms with E-state index in [1.807, 2.05) is 18.0 Å². The largest absolute Gasteiger partial charge is 0.349 e. The SMILES string of the molecule is C#CCN(C)C/C=C/C(=O)N[C@@H]1CNC[C@H](C)C1. The monoisotopic (exact) mass is 249 g/mol. The zero-order valence-electron chi connectivity index (χ0n) is 11.3. The van der Waals surface area contributed by atoms with Crippen LogP contribution in [0.25, 0.3) is 0 Å². The lowest BCUT2D eigenvalue weighted by Crippen LogP contribution is -2.47. The van der Waals surface area contributed by atoms with Gasteiger partial charge in [0.1, 0.15) is 0 Å². The van der Waals surface area contributed by atoms with Crippen molar-refractivity contribution in [2.45, 2.75) is 19.4 Å². The van der Waals surface area contributed by atoms with Crippen LogP contribution in [0.1, 0.15) is 13.3 Å². The highest BCUT2D eigenvalue weighted by molar-refractivity contribution is 5.87. The lowest BCUT2D eigenvalue weighted by atomic mass is 9.98. The van der Waals surface area contributed by atoms with Crippen LogP contribution < -0.4 is 10.6 Å². The van der Waals surface area contributed by atoms with Gasteiger partial charge in [0.2, 0.25) is 5.91 Å². The Morgan fingerprint density at radius 1 is 1.61 bits per heavy atom. The molecule has 2 atom stereocenters. The molecule has 0 aromatic heterocycles. The Balaban J connectivity index is 2.24. The number of hydrogen-bond donors (Lipinski definition) is 2. The van der Waals surface area contributed by atoms with Gasteiger partial charge >= 0.3 is 0 Å². The lowest BCUT2D eigenvalue weighted by molar-refractivity contribution is -0.117. The number of likely N-dealkylation sites (N-methyl/N-ethyl adjacent to an activating group) is 1. The summed E-state index contributed by atoms with van der Waals surface area (Å²) in [7, 11) is 1.93. The molecule has 4 heteroatoms. The molecule has 0 saturated carbocycles. The quantitative estimate of drug-likeness (QED) is 0.541. The summed E-state index contributed by atoms with van der Waals surface area (Å²) >= 11 is 0. The molecule has 1 aliphatic rings. The fourth-order valence-corrected chi connectivity index (χ4v) is 2.08. The molecule has 2 N–H and O–H groups in total. The maximum absolute atomic E-state index is 11.7. The normalized spacial score (nSPS) is 24.1. The Kier molecular flexibility index (Phi) is 6.48. The molecule has 0 unspecified atom stereocenters. The molecule has 1 saturated heterocycles. The smallest absolute Gasteiger partial charge is 0.243 e. The van der Waals surface area contributed by atoms with Gasteiger partial charge in [-0.2, -0.15) is 0 Å². The van der Waals surface area contributed by atoms with E-state index in [0.29, 0.717) is 19.0 Å². The van der Waals surface area contributed by atoms with Crippen LogP contribution in [0.3, 0.4) is 0 Å². The highest BCUT2D eigenvalue weighted by Crippen LogP contribution is 2.08. The number of carbonyl (C=O) groups is 1. The van der Waals surface area contributed by atoms with E-state index >= 15 is 0 Å². The molecule has 1 heterocycles. The van der Waals surface area contributed by atoms with Gasteiger partial charge < -0.3 is 10.6 Å². The van der Waals surface area contributed by atoms with E-state index in [9.17, 15) is 4.79 Å². The summed E-state index contributed by atoms with van der Waals surface area (Å²) in [4.78, 5) is 13.6. The van der Waals surface area contributed by atoms with E-state index < -0.39 is 0 Å². The van der Waals surface area contributed by atoms with Crippen molar-refractivity contribution >= 4 is 5.91 Å². The molecule has 0 radical (unpaired) electrons. The first kappa shape index (κ1) is 14.7. The third-order valence-corrected chi connectivity index (χ3v) is 2.96. The van der Waals surface area contributed by atoms with Crippen LogP contribution in [0.4, 0.5) is 0 Å². The third-order valence-electron chi connectivity index (χ3n) is 2.96. The zero-order chi connectivity index (χ0) is 13.4. The Labute approximate surface area is 110 Å². The summed E-state index contributed by atoms with van der Waals surface area (Å²) in [5.74, 6) is 3.16. The summed E-state index contributed by atoms with van der Waals surface area (Å²) in [6.07, 6.45) is 9.67. The lowest BCUT2D eigenvalue weighted by Gasteiger charge is -2.28. The maximum Gasteiger partial charge on any atom is 0.243 e. The van der Waals surface area contributed by atoms with Crippen molar-refractivity contribution in [1.82, 2.24) is 15.5 Å².